The Balaban J connectivity index is 2.13. The number of hydrogen-bond acceptors (Lipinski definition) is 3. The van der Waals surface area contributed by atoms with E-state index in [1.807, 2.05) is 25.1 Å². The van der Waals surface area contributed by atoms with Gasteiger partial charge >= 0.3 is 5.97 Å². The van der Waals surface area contributed by atoms with Gasteiger partial charge in [-0.1, -0.05) is 12.1 Å². The van der Waals surface area contributed by atoms with Crippen LogP contribution in [0.15, 0.2) is 42.5 Å². The summed E-state index contributed by atoms with van der Waals surface area (Å²) < 4.78 is 7.12. The van der Waals surface area contributed by atoms with Gasteiger partial charge in [0, 0.05) is 5.69 Å². The van der Waals surface area contributed by atoms with E-state index in [1.54, 1.807) is 13.0 Å². The highest BCUT2D eigenvalue weighted by Gasteiger charge is 2.12. The standard InChI is InChI=1S/C18H18N2O2/c1-4-22-18(21)14-6-5-7-15(11-14)20-13(3)19-16-10-12(2)8-9-17(16)20/h5-11H,4H2,1-3H3. The number of fused-ring (bicyclic) bond motifs is 1. The summed E-state index contributed by atoms with van der Waals surface area (Å²) in [5, 5.41) is 0. The second kappa shape index (κ2) is 5.64. The van der Waals surface area contributed by atoms with Gasteiger partial charge in [-0.2, -0.15) is 0 Å². The van der Waals surface area contributed by atoms with Crippen LogP contribution in [-0.2, 0) is 4.74 Å². The highest BCUT2D eigenvalue weighted by molar-refractivity contribution is 5.90. The lowest BCUT2D eigenvalue weighted by molar-refractivity contribution is 0.0526. The first-order valence-electron chi connectivity index (χ1n) is 7.33. The zero-order chi connectivity index (χ0) is 15.7. The Bertz CT molecular complexity index is 849. The van der Waals surface area contributed by atoms with Crippen molar-refractivity contribution in [2.45, 2.75) is 20.8 Å². The molecule has 1 heterocycles. The first kappa shape index (κ1) is 14.3. The molecule has 22 heavy (non-hydrogen) atoms. The molecule has 0 aliphatic carbocycles. The third kappa shape index (κ3) is 2.48. The van der Waals surface area contributed by atoms with Crippen molar-refractivity contribution in [1.82, 2.24) is 9.55 Å². The summed E-state index contributed by atoms with van der Waals surface area (Å²) in [7, 11) is 0. The summed E-state index contributed by atoms with van der Waals surface area (Å²) in [4.78, 5) is 16.5. The molecule has 0 radical (unpaired) electrons. The number of carbonyl (C=O) groups is 1. The zero-order valence-electron chi connectivity index (χ0n) is 13.0. The molecule has 0 amide bonds. The van der Waals surface area contributed by atoms with Crippen molar-refractivity contribution < 1.29 is 9.53 Å². The van der Waals surface area contributed by atoms with E-state index in [2.05, 4.69) is 34.7 Å². The molecule has 0 fully saturated rings. The van der Waals surface area contributed by atoms with Crippen molar-refractivity contribution in [2.24, 2.45) is 0 Å². The van der Waals surface area contributed by atoms with E-state index in [9.17, 15) is 4.79 Å². The molecule has 0 N–H and O–H groups in total. The zero-order valence-corrected chi connectivity index (χ0v) is 13.0. The molecule has 1 aromatic heterocycles. The SMILES string of the molecule is CCOC(=O)c1cccc(-n2c(C)nc3cc(C)ccc32)c1. The Morgan fingerprint density at radius 3 is 2.77 bits per heavy atom. The Hall–Kier alpha value is -2.62. The maximum absolute atomic E-state index is 11.9. The van der Waals surface area contributed by atoms with E-state index in [4.69, 9.17) is 4.74 Å². The topological polar surface area (TPSA) is 44.1 Å². The summed E-state index contributed by atoms with van der Waals surface area (Å²) >= 11 is 0. The van der Waals surface area contributed by atoms with E-state index < -0.39 is 0 Å². The van der Waals surface area contributed by atoms with Crippen LogP contribution in [-0.4, -0.2) is 22.1 Å². The molecule has 0 spiro atoms. The smallest absolute Gasteiger partial charge is 0.338 e. The third-order valence-electron chi connectivity index (χ3n) is 3.59. The second-order valence-electron chi connectivity index (χ2n) is 5.26. The van der Waals surface area contributed by atoms with Crippen LogP contribution in [0.25, 0.3) is 16.7 Å². The molecule has 112 valence electrons. The lowest BCUT2D eigenvalue weighted by Crippen LogP contribution is -2.06. The van der Waals surface area contributed by atoms with Gasteiger partial charge in [0.1, 0.15) is 5.82 Å². The highest BCUT2D eigenvalue weighted by atomic mass is 16.5. The van der Waals surface area contributed by atoms with E-state index in [0.717, 1.165) is 22.5 Å². The predicted octanol–water partition coefficient (Wildman–Crippen LogP) is 3.82. The van der Waals surface area contributed by atoms with Gasteiger partial charge in [-0.3, -0.25) is 4.57 Å². The molecule has 0 saturated heterocycles. The van der Waals surface area contributed by atoms with E-state index in [-0.39, 0.29) is 5.97 Å². The lowest BCUT2D eigenvalue weighted by Gasteiger charge is -2.09. The minimum Gasteiger partial charge on any atom is -0.462 e. The van der Waals surface area contributed by atoms with Crippen LogP contribution in [0.5, 0.6) is 0 Å². The molecule has 0 bridgehead atoms. The molecule has 4 heteroatoms. The van der Waals surface area contributed by atoms with Crippen molar-refractivity contribution in [3.05, 3.63) is 59.4 Å². The third-order valence-corrected chi connectivity index (χ3v) is 3.59. The number of benzene rings is 2. The number of imidazole rings is 1. The summed E-state index contributed by atoms with van der Waals surface area (Å²) in [5.41, 5.74) is 4.63. The predicted molar refractivity (Wildman–Crippen MR) is 86.5 cm³/mol. The summed E-state index contributed by atoms with van der Waals surface area (Å²) in [6.07, 6.45) is 0. The largest absolute Gasteiger partial charge is 0.462 e. The van der Waals surface area contributed by atoms with Gasteiger partial charge in [0.2, 0.25) is 0 Å². The second-order valence-corrected chi connectivity index (χ2v) is 5.26. The van der Waals surface area contributed by atoms with Crippen molar-refractivity contribution in [1.29, 1.82) is 0 Å². The van der Waals surface area contributed by atoms with Crippen molar-refractivity contribution in [3.63, 3.8) is 0 Å². The Morgan fingerprint density at radius 2 is 2.00 bits per heavy atom. The van der Waals surface area contributed by atoms with E-state index in [0.29, 0.717) is 12.2 Å². The fourth-order valence-electron chi connectivity index (χ4n) is 2.62. The number of rotatable bonds is 3. The van der Waals surface area contributed by atoms with Crippen LogP contribution in [0.2, 0.25) is 0 Å². The maximum atomic E-state index is 11.9. The molecule has 0 saturated carbocycles. The molecular formula is C18H18N2O2. The molecule has 3 aromatic rings. The van der Waals surface area contributed by atoms with Crippen molar-refractivity contribution >= 4 is 17.0 Å². The number of ether oxygens (including phenoxy) is 1. The number of aryl methyl sites for hydroxylation is 2. The average Bonchev–Trinajstić information content (AvgIpc) is 2.82. The van der Waals surface area contributed by atoms with Gasteiger partial charge < -0.3 is 4.74 Å². The van der Waals surface area contributed by atoms with Crippen LogP contribution < -0.4 is 0 Å². The average molecular weight is 294 g/mol. The van der Waals surface area contributed by atoms with E-state index in [1.165, 1.54) is 5.56 Å². The molecule has 3 rings (SSSR count). The number of esters is 1. The first-order chi connectivity index (χ1) is 10.6. The fourth-order valence-corrected chi connectivity index (χ4v) is 2.62. The maximum Gasteiger partial charge on any atom is 0.338 e. The molecule has 4 nitrogen and oxygen atoms in total. The van der Waals surface area contributed by atoms with Crippen LogP contribution >= 0.6 is 0 Å². The summed E-state index contributed by atoms with van der Waals surface area (Å²) in [6.45, 7) is 6.19. The fraction of sp³-hybridized carbons (Fsp3) is 0.222. The molecule has 2 aromatic carbocycles. The van der Waals surface area contributed by atoms with Crippen molar-refractivity contribution in [2.75, 3.05) is 6.61 Å². The quantitative estimate of drug-likeness (QED) is 0.690. The molecule has 0 unspecified atom stereocenters. The van der Waals surface area contributed by atoms with Gasteiger partial charge in [-0.25, -0.2) is 9.78 Å². The molecule has 0 atom stereocenters. The first-order valence-corrected chi connectivity index (χ1v) is 7.33. The molecular weight excluding hydrogens is 276 g/mol. The summed E-state index contributed by atoms with van der Waals surface area (Å²) in [5.74, 6) is 0.587. The van der Waals surface area contributed by atoms with Gasteiger partial charge in [-0.05, 0) is 56.7 Å². The highest BCUT2D eigenvalue weighted by Crippen LogP contribution is 2.23. The van der Waals surface area contributed by atoms with Crippen molar-refractivity contribution in [3.8, 4) is 5.69 Å². The Labute approximate surface area is 129 Å². The summed E-state index contributed by atoms with van der Waals surface area (Å²) in [6, 6.07) is 13.6. The number of nitrogens with zero attached hydrogens (tertiary/aromatic N) is 2. The van der Waals surface area contributed by atoms with Crippen LogP contribution in [0.4, 0.5) is 0 Å². The van der Waals surface area contributed by atoms with Gasteiger partial charge in [0.05, 0.1) is 23.2 Å². The molecule has 0 aliphatic heterocycles. The van der Waals surface area contributed by atoms with E-state index >= 15 is 0 Å². The van der Waals surface area contributed by atoms with Crippen LogP contribution in [0.1, 0.15) is 28.7 Å². The monoisotopic (exact) mass is 294 g/mol. The minimum atomic E-state index is -0.303. The number of aromatic nitrogens is 2. The van der Waals surface area contributed by atoms with Gasteiger partial charge in [0.25, 0.3) is 0 Å². The van der Waals surface area contributed by atoms with Gasteiger partial charge in [0.15, 0.2) is 0 Å². The normalized spacial score (nSPS) is 10.9. The minimum absolute atomic E-state index is 0.303. The van der Waals surface area contributed by atoms with Gasteiger partial charge in [-0.15, -0.1) is 0 Å². The lowest BCUT2D eigenvalue weighted by atomic mass is 10.2. The van der Waals surface area contributed by atoms with Crippen LogP contribution in [0.3, 0.4) is 0 Å². The Kier molecular flexibility index (Phi) is 3.67. The molecule has 0 aliphatic rings. The van der Waals surface area contributed by atoms with Crippen LogP contribution in [0, 0.1) is 13.8 Å². The number of hydrogen-bond donors (Lipinski definition) is 0. The number of carbonyl (C=O) groups excluding carboxylic acids is 1. The Morgan fingerprint density at radius 1 is 1.18 bits per heavy atom.